The molecule has 0 radical (unpaired) electrons. The molecule has 0 N–H and O–H groups in total. The predicted molar refractivity (Wildman–Crippen MR) is 100 cm³/mol. The minimum Gasteiger partial charge on any atom is -0.345 e. The molecule has 0 saturated heterocycles. The van der Waals surface area contributed by atoms with Crippen LogP contribution >= 0.6 is 11.6 Å². The highest BCUT2D eigenvalue weighted by Gasteiger charge is 2.16. The molecule has 4 heteroatoms. The first-order valence-corrected chi connectivity index (χ1v) is 9.03. The monoisotopic (exact) mass is 346 g/mol. The van der Waals surface area contributed by atoms with E-state index in [0.717, 1.165) is 35.8 Å². The van der Waals surface area contributed by atoms with Crippen LogP contribution in [0.15, 0.2) is 42.6 Å². The lowest BCUT2D eigenvalue weighted by Crippen LogP contribution is -2.32. The lowest BCUT2D eigenvalue weighted by atomic mass is 10.1. The Morgan fingerprint density at radius 2 is 2.04 bits per heavy atom. The van der Waals surface area contributed by atoms with Gasteiger partial charge in [0.15, 0.2) is 0 Å². The van der Waals surface area contributed by atoms with Crippen LogP contribution in [0, 0.1) is 5.92 Å². The number of hydrogen-bond donors (Lipinski definition) is 0. The Bertz CT molecular complexity index is 663. The third-order valence-electron chi connectivity index (χ3n) is 3.95. The number of amides is 1. The average molecular weight is 347 g/mol. The number of nitrogens with zero attached hydrogens (tertiary/aromatic N) is 2. The minimum absolute atomic E-state index is 0.238. The molecule has 24 heavy (non-hydrogen) atoms. The van der Waals surface area contributed by atoms with Crippen LogP contribution in [0.5, 0.6) is 0 Å². The van der Waals surface area contributed by atoms with E-state index < -0.39 is 0 Å². The zero-order valence-corrected chi connectivity index (χ0v) is 15.6. The van der Waals surface area contributed by atoms with Gasteiger partial charge >= 0.3 is 0 Å². The Balaban J connectivity index is 2.11. The topological polar surface area (TPSA) is 25.2 Å². The largest absolute Gasteiger partial charge is 0.345 e. The molecule has 0 unspecified atom stereocenters. The molecule has 0 spiro atoms. The summed E-state index contributed by atoms with van der Waals surface area (Å²) in [5, 5.41) is 0.751. The number of carbonyl (C=O) groups is 1. The summed E-state index contributed by atoms with van der Waals surface area (Å²) >= 11 is 6.08. The molecule has 1 aromatic carbocycles. The highest BCUT2D eigenvalue weighted by atomic mass is 35.5. The Morgan fingerprint density at radius 1 is 1.25 bits per heavy atom. The molecule has 0 atom stereocenters. The van der Waals surface area contributed by atoms with E-state index in [1.165, 1.54) is 0 Å². The molecule has 0 aliphatic heterocycles. The van der Waals surface area contributed by atoms with Crippen LogP contribution in [0.1, 0.15) is 44.9 Å². The number of aromatic nitrogens is 1. The SMILES string of the molecule is CCCN(Cc1cccn1Cc1cccc(Cl)c1)C(=O)CC(C)C. The summed E-state index contributed by atoms with van der Waals surface area (Å²) in [6, 6.07) is 12.0. The molecule has 0 aliphatic carbocycles. The van der Waals surface area contributed by atoms with Crippen molar-refractivity contribution in [3.63, 3.8) is 0 Å². The van der Waals surface area contributed by atoms with Crippen molar-refractivity contribution < 1.29 is 4.79 Å². The smallest absolute Gasteiger partial charge is 0.223 e. The summed E-state index contributed by atoms with van der Waals surface area (Å²) in [7, 11) is 0. The number of carbonyl (C=O) groups excluding carboxylic acids is 1. The van der Waals surface area contributed by atoms with E-state index in [0.29, 0.717) is 18.9 Å². The first-order valence-electron chi connectivity index (χ1n) is 8.65. The molecule has 0 aliphatic rings. The van der Waals surface area contributed by atoms with Gasteiger partial charge in [0.2, 0.25) is 5.91 Å². The van der Waals surface area contributed by atoms with Crippen molar-refractivity contribution in [3.8, 4) is 0 Å². The van der Waals surface area contributed by atoms with Gasteiger partial charge < -0.3 is 9.47 Å². The summed E-state index contributed by atoms with van der Waals surface area (Å²) in [4.78, 5) is 14.5. The summed E-state index contributed by atoms with van der Waals surface area (Å²) < 4.78 is 2.19. The quantitative estimate of drug-likeness (QED) is 0.662. The minimum atomic E-state index is 0.238. The zero-order valence-electron chi connectivity index (χ0n) is 14.8. The second-order valence-corrected chi connectivity index (χ2v) is 7.11. The van der Waals surface area contributed by atoms with Gasteiger partial charge in [-0.25, -0.2) is 0 Å². The van der Waals surface area contributed by atoms with Gasteiger partial charge in [0.05, 0.1) is 6.54 Å². The molecular weight excluding hydrogens is 320 g/mol. The van der Waals surface area contributed by atoms with E-state index in [4.69, 9.17) is 11.6 Å². The van der Waals surface area contributed by atoms with Crippen molar-refractivity contribution in [3.05, 3.63) is 58.9 Å². The number of halogens is 1. The molecule has 130 valence electrons. The van der Waals surface area contributed by atoms with E-state index in [1.807, 2.05) is 29.2 Å². The highest BCUT2D eigenvalue weighted by Crippen LogP contribution is 2.15. The Labute approximate surface area is 150 Å². The van der Waals surface area contributed by atoms with Gasteiger partial charge in [0.25, 0.3) is 0 Å². The summed E-state index contributed by atoms with van der Waals surface area (Å²) in [6.45, 7) is 8.51. The summed E-state index contributed by atoms with van der Waals surface area (Å²) in [5.41, 5.74) is 2.32. The molecule has 1 heterocycles. The first kappa shape index (κ1) is 18.6. The van der Waals surface area contributed by atoms with E-state index in [9.17, 15) is 4.79 Å². The van der Waals surface area contributed by atoms with Crippen molar-refractivity contribution >= 4 is 17.5 Å². The predicted octanol–water partition coefficient (Wildman–Crippen LogP) is 4.97. The fraction of sp³-hybridized carbons (Fsp3) is 0.450. The fourth-order valence-electron chi connectivity index (χ4n) is 2.82. The van der Waals surface area contributed by atoms with E-state index in [-0.39, 0.29) is 5.91 Å². The molecular formula is C20H27ClN2O. The van der Waals surface area contributed by atoms with E-state index >= 15 is 0 Å². The van der Waals surface area contributed by atoms with Crippen molar-refractivity contribution in [1.82, 2.24) is 9.47 Å². The fourth-order valence-corrected chi connectivity index (χ4v) is 3.03. The Kier molecular flexibility index (Phi) is 6.92. The summed E-state index contributed by atoms with van der Waals surface area (Å²) in [5.74, 6) is 0.623. The van der Waals surface area contributed by atoms with Crippen LogP contribution in [0.4, 0.5) is 0 Å². The lowest BCUT2D eigenvalue weighted by Gasteiger charge is -2.24. The van der Waals surface area contributed by atoms with Gasteiger partial charge in [-0.2, -0.15) is 0 Å². The molecule has 0 saturated carbocycles. The van der Waals surface area contributed by atoms with Gasteiger partial charge in [-0.15, -0.1) is 0 Å². The summed E-state index contributed by atoms with van der Waals surface area (Å²) in [6.07, 6.45) is 3.64. The van der Waals surface area contributed by atoms with Gasteiger partial charge in [0, 0.05) is 36.4 Å². The van der Waals surface area contributed by atoms with Crippen LogP contribution in [0.25, 0.3) is 0 Å². The average Bonchev–Trinajstić information content (AvgIpc) is 2.93. The third kappa shape index (κ3) is 5.41. The second-order valence-electron chi connectivity index (χ2n) is 6.67. The Morgan fingerprint density at radius 3 is 2.71 bits per heavy atom. The van der Waals surface area contributed by atoms with E-state index in [2.05, 4.69) is 43.7 Å². The standard InChI is InChI=1S/C20H27ClN2O/c1-4-10-23(20(24)12-16(2)3)15-19-9-6-11-22(19)14-17-7-5-8-18(21)13-17/h5-9,11,13,16H,4,10,12,14-15H2,1-3H3. The maximum atomic E-state index is 12.5. The van der Waals surface area contributed by atoms with Crippen molar-refractivity contribution in [2.75, 3.05) is 6.54 Å². The molecule has 1 aromatic heterocycles. The van der Waals surface area contributed by atoms with Gasteiger partial charge in [-0.1, -0.05) is 44.5 Å². The van der Waals surface area contributed by atoms with Crippen LogP contribution < -0.4 is 0 Å². The molecule has 3 nitrogen and oxygen atoms in total. The Hall–Kier alpha value is -1.74. The van der Waals surface area contributed by atoms with Crippen LogP contribution in [0.3, 0.4) is 0 Å². The normalized spacial score (nSPS) is 11.0. The number of rotatable bonds is 8. The van der Waals surface area contributed by atoms with Gasteiger partial charge in [-0.05, 0) is 42.2 Å². The van der Waals surface area contributed by atoms with Crippen molar-refractivity contribution in [1.29, 1.82) is 0 Å². The highest BCUT2D eigenvalue weighted by molar-refractivity contribution is 6.30. The first-order chi connectivity index (χ1) is 11.5. The zero-order chi connectivity index (χ0) is 17.5. The maximum absolute atomic E-state index is 12.5. The van der Waals surface area contributed by atoms with E-state index in [1.54, 1.807) is 0 Å². The third-order valence-corrected chi connectivity index (χ3v) is 4.18. The molecule has 0 fully saturated rings. The number of hydrogen-bond acceptors (Lipinski definition) is 1. The van der Waals surface area contributed by atoms with Gasteiger partial charge in [-0.3, -0.25) is 4.79 Å². The van der Waals surface area contributed by atoms with Crippen molar-refractivity contribution in [2.24, 2.45) is 5.92 Å². The molecule has 2 aromatic rings. The van der Waals surface area contributed by atoms with Crippen LogP contribution in [-0.2, 0) is 17.9 Å². The molecule has 2 rings (SSSR count). The van der Waals surface area contributed by atoms with Crippen LogP contribution in [-0.4, -0.2) is 21.9 Å². The number of benzene rings is 1. The van der Waals surface area contributed by atoms with Gasteiger partial charge in [0.1, 0.15) is 0 Å². The van der Waals surface area contributed by atoms with Crippen LogP contribution in [0.2, 0.25) is 5.02 Å². The molecule has 0 bridgehead atoms. The lowest BCUT2D eigenvalue weighted by molar-refractivity contribution is -0.132. The maximum Gasteiger partial charge on any atom is 0.223 e. The van der Waals surface area contributed by atoms with Crippen molar-refractivity contribution in [2.45, 2.75) is 46.7 Å². The molecule has 1 amide bonds. The second kappa shape index (κ2) is 8.93.